The molecule has 0 amide bonds. The first-order valence-corrected chi connectivity index (χ1v) is 11.1. The molecule has 0 N–H and O–H groups in total. The normalized spacial score (nSPS) is 11.2. The Bertz CT molecular complexity index is 1150. The van der Waals surface area contributed by atoms with E-state index in [4.69, 9.17) is 11.6 Å². The molecule has 0 aliphatic carbocycles. The van der Waals surface area contributed by atoms with Gasteiger partial charge < -0.3 is 0 Å². The molecule has 8 heteroatoms. The molecular formula is C23H21ClFN5S. The molecule has 0 aliphatic heterocycles. The Morgan fingerprint density at radius 3 is 2.55 bits per heavy atom. The van der Waals surface area contributed by atoms with Gasteiger partial charge >= 0.3 is 0 Å². The molecule has 0 aliphatic rings. The zero-order valence-electron chi connectivity index (χ0n) is 16.9. The Morgan fingerprint density at radius 2 is 1.77 bits per heavy atom. The second-order valence-electron chi connectivity index (χ2n) is 7.16. The van der Waals surface area contributed by atoms with Crippen LogP contribution in [0.4, 0.5) is 4.39 Å². The number of rotatable bonds is 8. The van der Waals surface area contributed by atoms with Gasteiger partial charge in [-0.1, -0.05) is 41.6 Å². The number of hydrogen-bond acceptors (Lipinski definition) is 5. The molecule has 5 nitrogen and oxygen atoms in total. The van der Waals surface area contributed by atoms with Gasteiger partial charge in [0.05, 0.1) is 12.2 Å². The predicted molar refractivity (Wildman–Crippen MR) is 122 cm³/mol. The number of aromatic nitrogens is 4. The third-order valence-corrected chi connectivity index (χ3v) is 5.87. The fourth-order valence-corrected chi connectivity index (χ4v) is 4.35. The average molecular weight is 454 g/mol. The van der Waals surface area contributed by atoms with Crippen molar-refractivity contribution in [2.45, 2.75) is 24.0 Å². The van der Waals surface area contributed by atoms with Gasteiger partial charge in [-0.2, -0.15) is 0 Å². The van der Waals surface area contributed by atoms with Crippen LogP contribution in [0.1, 0.15) is 17.0 Å². The van der Waals surface area contributed by atoms with E-state index in [9.17, 15) is 4.39 Å². The lowest BCUT2D eigenvalue weighted by Crippen LogP contribution is -2.20. The molecular weight excluding hydrogens is 433 g/mol. The minimum absolute atomic E-state index is 0.234. The molecule has 2 heterocycles. The topological polar surface area (TPSA) is 46.8 Å². The minimum atomic E-state index is -0.234. The van der Waals surface area contributed by atoms with Crippen molar-refractivity contribution in [3.05, 3.63) is 101 Å². The molecule has 0 saturated carbocycles. The van der Waals surface area contributed by atoms with E-state index in [1.165, 1.54) is 6.07 Å². The largest absolute Gasteiger partial charge is 0.295 e. The molecule has 0 spiro atoms. The van der Waals surface area contributed by atoms with Crippen molar-refractivity contribution in [3.63, 3.8) is 0 Å². The number of pyridine rings is 1. The van der Waals surface area contributed by atoms with Crippen LogP contribution in [0.15, 0.2) is 78.2 Å². The zero-order chi connectivity index (χ0) is 21.6. The standard InChI is InChI=1S/C23H21ClFN5S/c1-29(14-18-4-2-6-20(25)12-18)15-22-27-28-23(31-16-17-8-10-26-11-9-17)30(22)21-7-3-5-19(24)13-21/h2-13H,14-16H2,1H3. The van der Waals surface area contributed by atoms with Gasteiger partial charge in [0, 0.05) is 29.7 Å². The van der Waals surface area contributed by atoms with E-state index in [1.807, 2.05) is 54.1 Å². The zero-order valence-corrected chi connectivity index (χ0v) is 18.5. The van der Waals surface area contributed by atoms with Crippen LogP contribution in [0, 0.1) is 5.82 Å². The lowest BCUT2D eigenvalue weighted by Gasteiger charge is -2.18. The molecule has 0 unspecified atom stereocenters. The highest BCUT2D eigenvalue weighted by Crippen LogP contribution is 2.27. The number of benzene rings is 2. The maximum atomic E-state index is 13.5. The fraction of sp³-hybridized carbons (Fsp3) is 0.174. The maximum absolute atomic E-state index is 13.5. The highest BCUT2D eigenvalue weighted by molar-refractivity contribution is 7.98. The van der Waals surface area contributed by atoms with E-state index in [-0.39, 0.29) is 5.82 Å². The van der Waals surface area contributed by atoms with Crippen LogP contribution in [-0.2, 0) is 18.8 Å². The maximum Gasteiger partial charge on any atom is 0.196 e. The first kappa shape index (κ1) is 21.5. The molecule has 0 fully saturated rings. The summed E-state index contributed by atoms with van der Waals surface area (Å²) >= 11 is 7.86. The lowest BCUT2D eigenvalue weighted by atomic mass is 10.2. The Hall–Kier alpha value is -2.74. The Kier molecular flexibility index (Phi) is 6.96. The average Bonchev–Trinajstić information content (AvgIpc) is 3.15. The Balaban J connectivity index is 1.58. The van der Waals surface area contributed by atoms with Crippen molar-refractivity contribution in [2.24, 2.45) is 0 Å². The quantitative estimate of drug-likeness (QED) is 0.335. The van der Waals surface area contributed by atoms with E-state index in [1.54, 1.807) is 36.3 Å². The summed E-state index contributed by atoms with van der Waals surface area (Å²) in [5, 5.41) is 10.3. The van der Waals surface area contributed by atoms with Crippen molar-refractivity contribution < 1.29 is 4.39 Å². The molecule has 4 aromatic rings. The summed E-state index contributed by atoms with van der Waals surface area (Å²) in [5.74, 6) is 1.31. The van der Waals surface area contributed by atoms with Gasteiger partial charge in [-0.05, 0) is 60.6 Å². The monoisotopic (exact) mass is 453 g/mol. The fourth-order valence-electron chi connectivity index (χ4n) is 3.24. The van der Waals surface area contributed by atoms with E-state index < -0.39 is 0 Å². The molecule has 4 rings (SSSR count). The van der Waals surface area contributed by atoms with Crippen LogP contribution >= 0.6 is 23.4 Å². The number of halogens is 2. The summed E-state index contributed by atoms with van der Waals surface area (Å²) in [7, 11) is 1.98. The van der Waals surface area contributed by atoms with Crippen molar-refractivity contribution in [3.8, 4) is 5.69 Å². The van der Waals surface area contributed by atoms with E-state index in [0.29, 0.717) is 18.1 Å². The Labute approximate surface area is 189 Å². The summed E-state index contributed by atoms with van der Waals surface area (Å²) in [4.78, 5) is 6.15. The van der Waals surface area contributed by atoms with Gasteiger partial charge in [0.25, 0.3) is 0 Å². The van der Waals surface area contributed by atoms with Gasteiger partial charge in [0.2, 0.25) is 0 Å². The van der Waals surface area contributed by atoms with E-state index in [0.717, 1.165) is 33.5 Å². The molecule has 0 saturated heterocycles. The van der Waals surface area contributed by atoms with Crippen LogP contribution in [-0.4, -0.2) is 31.7 Å². The third-order valence-electron chi connectivity index (χ3n) is 4.64. The summed E-state index contributed by atoms with van der Waals surface area (Å²) in [5.41, 5.74) is 2.97. The molecule has 2 aromatic carbocycles. The lowest BCUT2D eigenvalue weighted by molar-refractivity contribution is 0.307. The number of thioether (sulfide) groups is 1. The first-order valence-electron chi connectivity index (χ1n) is 9.73. The van der Waals surface area contributed by atoms with Crippen molar-refractivity contribution >= 4 is 23.4 Å². The summed E-state index contributed by atoms with van der Waals surface area (Å²) in [6, 6.07) is 18.3. The second kappa shape index (κ2) is 10.0. The van der Waals surface area contributed by atoms with Crippen LogP contribution in [0.5, 0.6) is 0 Å². The molecule has 0 radical (unpaired) electrons. The van der Waals surface area contributed by atoms with Gasteiger partial charge in [-0.3, -0.25) is 14.5 Å². The van der Waals surface area contributed by atoms with E-state index >= 15 is 0 Å². The van der Waals surface area contributed by atoms with Crippen LogP contribution in [0.2, 0.25) is 5.02 Å². The van der Waals surface area contributed by atoms with Crippen molar-refractivity contribution in [1.29, 1.82) is 0 Å². The molecule has 0 atom stereocenters. The van der Waals surface area contributed by atoms with Gasteiger partial charge in [0.15, 0.2) is 11.0 Å². The smallest absolute Gasteiger partial charge is 0.196 e. The van der Waals surface area contributed by atoms with Gasteiger partial charge in [0.1, 0.15) is 5.82 Å². The summed E-state index contributed by atoms with van der Waals surface area (Å²) < 4.78 is 15.6. The second-order valence-corrected chi connectivity index (χ2v) is 8.54. The highest BCUT2D eigenvalue weighted by atomic mass is 35.5. The van der Waals surface area contributed by atoms with Crippen molar-refractivity contribution in [2.75, 3.05) is 7.05 Å². The molecule has 0 bridgehead atoms. The van der Waals surface area contributed by atoms with Gasteiger partial charge in [-0.25, -0.2) is 4.39 Å². The Morgan fingerprint density at radius 1 is 0.968 bits per heavy atom. The van der Waals surface area contributed by atoms with Crippen LogP contribution in [0.25, 0.3) is 5.69 Å². The van der Waals surface area contributed by atoms with Crippen molar-refractivity contribution in [1.82, 2.24) is 24.6 Å². The van der Waals surface area contributed by atoms with E-state index in [2.05, 4.69) is 20.1 Å². The van der Waals surface area contributed by atoms with Gasteiger partial charge in [-0.15, -0.1) is 10.2 Å². The first-order chi connectivity index (χ1) is 15.1. The predicted octanol–water partition coefficient (Wildman–Crippen LogP) is 5.38. The van der Waals surface area contributed by atoms with Crippen LogP contribution < -0.4 is 0 Å². The summed E-state index contributed by atoms with van der Waals surface area (Å²) in [6.07, 6.45) is 3.56. The third kappa shape index (κ3) is 5.70. The van der Waals surface area contributed by atoms with Crippen LogP contribution in [0.3, 0.4) is 0 Å². The minimum Gasteiger partial charge on any atom is -0.295 e. The molecule has 158 valence electrons. The number of nitrogens with zero attached hydrogens (tertiary/aromatic N) is 5. The molecule has 2 aromatic heterocycles. The summed E-state index contributed by atoms with van der Waals surface area (Å²) in [6.45, 7) is 1.14. The molecule has 31 heavy (non-hydrogen) atoms. The number of hydrogen-bond donors (Lipinski definition) is 0. The highest BCUT2D eigenvalue weighted by Gasteiger charge is 2.17. The SMILES string of the molecule is CN(Cc1cccc(F)c1)Cc1nnc(SCc2ccncc2)n1-c1cccc(Cl)c1.